The van der Waals surface area contributed by atoms with Crippen molar-refractivity contribution in [3.8, 4) is 17.2 Å². The Labute approximate surface area is 189 Å². The average molecular weight is 438 g/mol. The van der Waals surface area contributed by atoms with E-state index in [-0.39, 0.29) is 6.61 Å². The van der Waals surface area contributed by atoms with Gasteiger partial charge in [0.25, 0.3) is 0 Å². The summed E-state index contributed by atoms with van der Waals surface area (Å²) < 4.78 is 21.9. The zero-order valence-corrected chi connectivity index (χ0v) is 19.7. The molecule has 0 atom stereocenters. The summed E-state index contributed by atoms with van der Waals surface area (Å²) in [7, 11) is 1.55. The van der Waals surface area contributed by atoms with Gasteiger partial charge in [-0.2, -0.15) is 0 Å². The minimum atomic E-state index is -0.769. The zero-order valence-electron chi connectivity index (χ0n) is 19.7. The van der Waals surface area contributed by atoms with Crippen molar-refractivity contribution in [2.24, 2.45) is 0 Å². The van der Waals surface area contributed by atoms with Gasteiger partial charge in [-0.15, -0.1) is 0 Å². The third kappa shape index (κ3) is 5.19. The number of benzene rings is 2. The molecule has 170 valence electrons. The Bertz CT molecular complexity index is 1090. The normalized spacial score (nSPS) is 11.1. The van der Waals surface area contributed by atoms with E-state index in [0.29, 0.717) is 24.0 Å². The van der Waals surface area contributed by atoms with E-state index >= 15 is 0 Å². The van der Waals surface area contributed by atoms with Gasteiger partial charge < -0.3 is 18.9 Å². The van der Waals surface area contributed by atoms with Crippen LogP contribution in [0.25, 0.3) is 10.9 Å². The molecule has 1 aromatic heterocycles. The third-order valence-corrected chi connectivity index (χ3v) is 5.45. The van der Waals surface area contributed by atoms with Crippen LogP contribution in [0.4, 0.5) is 4.79 Å². The first-order valence-electron chi connectivity index (χ1n) is 10.9. The van der Waals surface area contributed by atoms with Crippen LogP contribution in [0.2, 0.25) is 0 Å². The summed E-state index contributed by atoms with van der Waals surface area (Å²) in [6.07, 6.45) is -0.0502. The third-order valence-electron chi connectivity index (χ3n) is 5.45. The Morgan fingerprint density at radius 3 is 2.34 bits per heavy atom. The molecule has 0 amide bonds. The molecule has 3 rings (SSSR count). The molecule has 0 aliphatic heterocycles. The van der Waals surface area contributed by atoms with Gasteiger partial charge in [-0.25, -0.2) is 4.79 Å². The predicted octanol–water partition coefficient (Wildman–Crippen LogP) is 6.49. The van der Waals surface area contributed by atoms with Gasteiger partial charge in [0, 0.05) is 23.9 Å². The van der Waals surface area contributed by atoms with Gasteiger partial charge >= 0.3 is 6.16 Å². The average Bonchev–Trinajstić information content (AvgIpc) is 2.78. The van der Waals surface area contributed by atoms with Crippen molar-refractivity contribution in [2.45, 2.75) is 47.0 Å². The van der Waals surface area contributed by atoms with E-state index in [1.165, 1.54) is 5.56 Å². The van der Waals surface area contributed by atoms with Gasteiger partial charge in [-0.05, 0) is 56.0 Å². The van der Waals surface area contributed by atoms with Crippen LogP contribution < -0.4 is 9.47 Å². The number of hydrogen-bond acceptors (Lipinski definition) is 6. The number of carbonyl (C=O) groups excluding carboxylic acids is 1. The number of hydrogen-bond donors (Lipinski definition) is 0. The highest BCUT2D eigenvalue weighted by molar-refractivity contribution is 5.93. The van der Waals surface area contributed by atoms with Crippen LogP contribution in [0.3, 0.4) is 0 Å². The van der Waals surface area contributed by atoms with Gasteiger partial charge in [-0.1, -0.05) is 32.9 Å². The summed E-state index contributed by atoms with van der Waals surface area (Å²) in [5.41, 5.74) is 4.52. The van der Waals surface area contributed by atoms with E-state index in [4.69, 9.17) is 23.9 Å². The van der Waals surface area contributed by atoms with Crippen molar-refractivity contribution < 1.29 is 23.7 Å². The number of nitrogens with zero attached hydrogens (tertiary/aromatic N) is 1. The Hall–Kier alpha value is -3.12. The van der Waals surface area contributed by atoms with Crippen molar-refractivity contribution in [1.29, 1.82) is 0 Å². The predicted molar refractivity (Wildman–Crippen MR) is 125 cm³/mol. The number of pyridine rings is 1. The maximum Gasteiger partial charge on any atom is 0.513 e. The van der Waals surface area contributed by atoms with Gasteiger partial charge in [0.15, 0.2) is 0 Å². The van der Waals surface area contributed by atoms with E-state index in [9.17, 15) is 4.79 Å². The fourth-order valence-electron chi connectivity index (χ4n) is 3.56. The van der Waals surface area contributed by atoms with Gasteiger partial charge in [0.2, 0.25) is 0 Å². The molecule has 0 unspecified atom stereocenters. The Morgan fingerprint density at radius 1 is 1.00 bits per heavy atom. The number of aromatic nitrogens is 1. The molecule has 0 spiro atoms. The number of rotatable bonds is 8. The molecule has 2 aromatic carbocycles. The summed E-state index contributed by atoms with van der Waals surface area (Å²) in [5.74, 6) is 2.33. The second-order valence-electron chi connectivity index (χ2n) is 7.97. The van der Waals surface area contributed by atoms with Crippen molar-refractivity contribution in [3.05, 3.63) is 58.8 Å². The number of ether oxygens (including phenoxy) is 4. The lowest BCUT2D eigenvalue weighted by Gasteiger charge is -2.17. The second-order valence-corrected chi connectivity index (χ2v) is 7.97. The van der Waals surface area contributed by atoms with Crippen LogP contribution in [0.1, 0.15) is 49.1 Å². The lowest BCUT2D eigenvalue weighted by atomic mass is 10.0. The standard InChI is InChI=1S/C26H31NO5/c1-7-21-17(4)25(32-26(28)30-15-14-29-6)24-18(5)23(13-12-22(24)27-21)31-20-10-8-19(9-11-20)16(2)3/h8-13,16H,7,14-15H2,1-6H3. The summed E-state index contributed by atoms with van der Waals surface area (Å²) in [6.45, 7) is 10.6. The molecule has 0 saturated carbocycles. The van der Waals surface area contributed by atoms with Crippen molar-refractivity contribution in [2.75, 3.05) is 20.3 Å². The van der Waals surface area contributed by atoms with Crippen LogP contribution in [0.5, 0.6) is 17.2 Å². The Balaban J connectivity index is 2.00. The largest absolute Gasteiger partial charge is 0.513 e. The maximum absolute atomic E-state index is 12.3. The minimum Gasteiger partial charge on any atom is -0.457 e. The smallest absolute Gasteiger partial charge is 0.457 e. The highest BCUT2D eigenvalue weighted by atomic mass is 16.7. The van der Waals surface area contributed by atoms with Crippen molar-refractivity contribution in [1.82, 2.24) is 4.98 Å². The molecule has 6 heteroatoms. The summed E-state index contributed by atoms with van der Waals surface area (Å²) in [4.78, 5) is 17.1. The molecule has 0 bridgehead atoms. The van der Waals surface area contributed by atoms with E-state index in [1.807, 2.05) is 45.0 Å². The van der Waals surface area contributed by atoms with Crippen molar-refractivity contribution >= 4 is 17.1 Å². The van der Waals surface area contributed by atoms with E-state index in [0.717, 1.165) is 39.9 Å². The molecule has 0 radical (unpaired) electrons. The molecule has 1 heterocycles. The number of methoxy groups -OCH3 is 1. The highest BCUT2D eigenvalue weighted by Gasteiger charge is 2.20. The van der Waals surface area contributed by atoms with Crippen LogP contribution in [-0.2, 0) is 15.9 Å². The maximum atomic E-state index is 12.3. The topological polar surface area (TPSA) is 66.9 Å². The molecule has 32 heavy (non-hydrogen) atoms. The van der Waals surface area contributed by atoms with E-state index in [2.05, 4.69) is 26.0 Å². The van der Waals surface area contributed by atoms with Crippen LogP contribution in [-0.4, -0.2) is 31.5 Å². The molecule has 0 saturated heterocycles. The molecule has 0 N–H and O–H groups in total. The second kappa shape index (κ2) is 10.5. The van der Waals surface area contributed by atoms with Gasteiger partial charge in [0.05, 0.1) is 17.5 Å². The van der Waals surface area contributed by atoms with Gasteiger partial charge in [0.1, 0.15) is 23.9 Å². The molecule has 0 fully saturated rings. The molecule has 0 aliphatic rings. The molecule has 3 aromatic rings. The SMILES string of the molecule is CCc1nc2ccc(Oc3ccc(C(C)C)cc3)c(C)c2c(OC(=O)OCCOC)c1C. The summed E-state index contributed by atoms with van der Waals surface area (Å²) in [6, 6.07) is 11.9. The fourth-order valence-corrected chi connectivity index (χ4v) is 3.56. The molecule has 0 aliphatic carbocycles. The van der Waals surface area contributed by atoms with Crippen LogP contribution in [0, 0.1) is 13.8 Å². The monoisotopic (exact) mass is 437 g/mol. The summed E-state index contributed by atoms with van der Waals surface area (Å²) >= 11 is 0. The minimum absolute atomic E-state index is 0.123. The Kier molecular flexibility index (Phi) is 7.70. The first-order chi connectivity index (χ1) is 15.3. The Morgan fingerprint density at radius 2 is 1.72 bits per heavy atom. The van der Waals surface area contributed by atoms with E-state index in [1.54, 1.807) is 7.11 Å². The lowest BCUT2D eigenvalue weighted by Crippen LogP contribution is -2.15. The molecular formula is C26H31NO5. The van der Waals surface area contributed by atoms with Crippen molar-refractivity contribution in [3.63, 3.8) is 0 Å². The van der Waals surface area contributed by atoms with E-state index < -0.39 is 6.16 Å². The van der Waals surface area contributed by atoms with Crippen LogP contribution >= 0.6 is 0 Å². The zero-order chi connectivity index (χ0) is 23.3. The first kappa shape index (κ1) is 23.5. The molecule has 6 nitrogen and oxygen atoms in total. The highest BCUT2D eigenvalue weighted by Crippen LogP contribution is 2.38. The fraction of sp³-hybridized carbons (Fsp3) is 0.385. The van der Waals surface area contributed by atoms with Gasteiger partial charge in [-0.3, -0.25) is 4.98 Å². The van der Waals surface area contributed by atoms with Crippen LogP contribution in [0.15, 0.2) is 36.4 Å². The molecular weight excluding hydrogens is 406 g/mol. The quantitative estimate of drug-likeness (QED) is 0.296. The lowest BCUT2D eigenvalue weighted by molar-refractivity contribution is 0.0687. The summed E-state index contributed by atoms with van der Waals surface area (Å²) in [5, 5.41) is 0.736. The number of aryl methyl sites for hydroxylation is 2. The number of fused-ring (bicyclic) bond motifs is 1. The number of carbonyl (C=O) groups is 1. The first-order valence-corrected chi connectivity index (χ1v) is 10.9.